The van der Waals surface area contributed by atoms with Gasteiger partial charge in [-0.15, -0.1) is 0 Å². The lowest BCUT2D eigenvalue weighted by Gasteiger charge is -2.43. The molecule has 2 unspecified atom stereocenters. The van der Waals surface area contributed by atoms with Gasteiger partial charge in [0.25, 0.3) is 5.56 Å². The molecule has 1 aromatic carbocycles. The zero-order valence-electron chi connectivity index (χ0n) is 13.9. The topological polar surface area (TPSA) is 84.4 Å². The van der Waals surface area contributed by atoms with E-state index in [1.807, 2.05) is 4.90 Å². The molecule has 2 aromatic rings. The highest BCUT2D eigenvalue weighted by Gasteiger charge is 2.36. The van der Waals surface area contributed by atoms with Crippen molar-refractivity contribution in [3.8, 4) is 0 Å². The van der Waals surface area contributed by atoms with Crippen molar-refractivity contribution in [2.24, 2.45) is 0 Å². The van der Waals surface area contributed by atoms with Crippen molar-refractivity contribution in [3.05, 3.63) is 45.1 Å². The number of para-hydroxylation sites is 1. The molecule has 1 aliphatic heterocycles. The van der Waals surface area contributed by atoms with E-state index >= 15 is 0 Å². The van der Waals surface area contributed by atoms with Crippen LogP contribution in [0.25, 0.3) is 10.9 Å². The Kier molecular flexibility index (Phi) is 4.17. The van der Waals surface area contributed by atoms with Crippen LogP contribution in [0.2, 0.25) is 0 Å². The van der Waals surface area contributed by atoms with Gasteiger partial charge in [-0.25, -0.2) is 4.79 Å². The summed E-state index contributed by atoms with van der Waals surface area (Å²) in [6.07, 6.45) is 4.26. The maximum absolute atomic E-state index is 12.9. The molecule has 2 fully saturated rings. The first-order chi connectivity index (χ1) is 12.1. The summed E-state index contributed by atoms with van der Waals surface area (Å²) >= 11 is 0. The van der Waals surface area contributed by atoms with E-state index in [1.165, 1.54) is 4.57 Å². The van der Waals surface area contributed by atoms with Gasteiger partial charge < -0.3 is 9.64 Å². The van der Waals surface area contributed by atoms with Gasteiger partial charge in [-0.2, -0.15) is 0 Å². The molecule has 1 aromatic heterocycles. The fraction of sp³-hybridized carbons (Fsp3) is 0.500. The molecular weight excluding hydrogens is 322 g/mol. The number of benzene rings is 1. The molecule has 1 amide bonds. The Labute approximate surface area is 144 Å². The molecule has 0 spiro atoms. The zero-order chi connectivity index (χ0) is 17.4. The van der Waals surface area contributed by atoms with Crippen LogP contribution in [0, 0.1) is 0 Å². The van der Waals surface area contributed by atoms with E-state index < -0.39 is 11.2 Å². The Hall–Kier alpha value is -2.41. The van der Waals surface area contributed by atoms with Crippen molar-refractivity contribution in [1.29, 1.82) is 0 Å². The van der Waals surface area contributed by atoms with Crippen molar-refractivity contribution in [3.63, 3.8) is 0 Å². The third-order valence-corrected chi connectivity index (χ3v) is 5.25. The van der Waals surface area contributed by atoms with Gasteiger partial charge in [-0.1, -0.05) is 25.0 Å². The summed E-state index contributed by atoms with van der Waals surface area (Å²) in [5, 5.41) is 0.410. The van der Waals surface area contributed by atoms with E-state index in [9.17, 15) is 14.4 Å². The van der Waals surface area contributed by atoms with E-state index in [-0.39, 0.29) is 24.6 Å². The first-order valence-corrected chi connectivity index (χ1v) is 8.78. The lowest BCUT2D eigenvalue weighted by Crippen LogP contribution is -2.56. The molecule has 0 radical (unpaired) electrons. The number of ether oxygens (including phenoxy) is 1. The fourth-order valence-electron chi connectivity index (χ4n) is 4.03. The van der Waals surface area contributed by atoms with Crippen LogP contribution in [0.15, 0.2) is 33.9 Å². The van der Waals surface area contributed by atoms with Crippen molar-refractivity contribution in [2.45, 2.75) is 44.4 Å². The second kappa shape index (κ2) is 6.48. The maximum atomic E-state index is 12.9. The summed E-state index contributed by atoms with van der Waals surface area (Å²) in [5.41, 5.74) is -0.494. The number of nitrogens with one attached hydrogen (secondary N) is 1. The predicted molar refractivity (Wildman–Crippen MR) is 92.5 cm³/mol. The molecule has 25 heavy (non-hydrogen) atoms. The largest absolute Gasteiger partial charge is 0.374 e. The SMILES string of the molecule is O=C(Cn1c(=O)[nH]c(=O)c2ccccc21)N1CCOC2CCCCC21. The predicted octanol–water partition coefficient (Wildman–Crippen LogP) is 0.860. The monoisotopic (exact) mass is 343 g/mol. The second-order valence-corrected chi connectivity index (χ2v) is 6.71. The summed E-state index contributed by atoms with van der Waals surface area (Å²) in [6.45, 7) is 1.02. The third kappa shape index (κ3) is 2.89. The number of carbonyl (C=O) groups excluding carboxylic acids is 1. The number of aromatic nitrogens is 2. The molecule has 0 bridgehead atoms. The standard InChI is InChI=1S/C18H21N3O4/c22-16(20-9-10-25-15-8-4-3-7-14(15)20)11-21-13-6-2-1-5-12(13)17(23)19-18(21)24/h1-2,5-6,14-15H,3-4,7-11H2,(H,19,23,24). The number of amides is 1. The van der Waals surface area contributed by atoms with Gasteiger partial charge in [0.2, 0.25) is 5.91 Å². The average molecular weight is 343 g/mol. The van der Waals surface area contributed by atoms with Gasteiger partial charge in [-0.3, -0.25) is 19.1 Å². The number of carbonyl (C=O) groups is 1. The van der Waals surface area contributed by atoms with Crippen LogP contribution >= 0.6 is 0 Å². The van der Waals surface area contributed by atoms with Crippen LogP contribution in [0.4, 0.5) is 0 Å². The number of morpholine rings is 1. The molecule has 2 heterocycles. The lowest BCUT2D eigenvalue weighted by atomic mass is 9.90. The van der Waals surface area contributed by atoms with Crippen LogP contribution in [0.5, 0.6) is 0 Å². The van der Waals surface area contributed by atoms with Crippen LogP contribution in [-0.2, 0) is 16.1 Å². The highest BCUT2D eigenvalue weighted by Crippen LogP contribution is 2.28. The van der Waals surface area contributed by atoms with Crippen LogP contribution in [0.1, 0.15) is 25.7 Å². The number of fused-ring (bicyclic) bond motifs is 2. The summed E-state index contributed by atoms with van der Waals surface area (Å²) in [6, 6.07) is 6.94. The number of hydrogen-bond acceptors (Lipinski definition) is 4. The molecule has 2 atom stereocenters. The highest BCUT2D eigenvalue weighted by atomic mass is 16.5. The van der Waals surface area contributed by atoms with Crippen LogP contribution < -0.4 is 11.2 Å². The number of H-pyrrole nitrogens is 1. The molecule has 1 N–H and O–H groups in total. The minimum absolute atomic E-state index is 0.0701. The van der Waals surface area contributed by atoms with Gasteiger partial charge in [0, 0.05) is 6.54 Å². The molecule has 4 rings (SSSR count). The lowest BCUT2D eigenvalue weighted by molar-refractivity contribution is -0.150. The van der Waals surface area contributed by atoms with Gasteiger partial charge in [0.15, 0.2) is 0 Å². The van der Waals surface area contributed by atoms with E-state index in [0.717, 1.165) is 25.7 Å². The van der Waals surface area contributed by atoms with Crippen LogP contribution in [0.3, 0.4) is 0 Å². The molecule has 132 valence electrons. The van der Waals surface area contributed by atoms with E-state index in [2.05, 4.69) is 4.98 Å². The molecular formula is C18H21N3O4. The first-order valence-electron chi connectivity index (χ1n) is 8.78. The van der Waals surface area contributed by atoms with E-state index in [4.69, 9.17) is 4.74 Å². The molecule has 1 saturated heterocycles. The molecule has 7 heteroatoms. The summed E-state index contributed by atoms with van der Waals surface area (Å²) in [5.74, 6) is -0.0977. The Morgan fingerprint density at radius 2 is 2.00 bits per heavy atom. The summed E-state index contributed by atoms with van der Waals surface area (Å²) < 4.78 is 7.17. The quantitative estimate of drug-likeness (QED) is 0.876. The van der Waals surface area contributed by atoms with Crippen LogP contribution in [-0.4, -0.2) is 45.7 Å². The van der Waals surface area contributed by atoms with Gasteiger partial charge in [0.1, 0.15) is 6.54 Å². The fourth-order valence-corrected chi connectivity index (χ4v) is 4.03. The molecule has 1 saturated carbocycles. The van der Waals surface area contributed by atoms with E-state index in [1.54, 1.807) is 24.3 Å². The second-order valence-electron chi connectivity index (χ2n) is 6.71. The number of nitrogens with zero attached hydrogens (tertiary/aromatic N) is 2. The third-order valence-electron chi connectivity index (χ3n) is 5.25. The highest BCUT2D eigenvalue weighted by molar-refractivity contribution is 5.81. The van der Waals surface area contributed by atoms with Crippen molar-refractivity contribution < 1.29 is 9.53 Å². The van der Waals surface area contributed by atoms with E-state index in [0.29, 0.717) is 24.1 Å². The smallest absolute Gasteiger partial charge is 0.329 e. The van der Waals surface area contributed by atoms with Gasteiger partial charge in [0.05, 0.1) is 29.7 Å². The number of aromatic amines is 1. The Balaban J connectivity index is 1.66. The Morgan fingerprint density at radius 1 is 1.20 bits per heavy atom. The molecule has 7 nitrogen and oxygen atoms in total. The molecule has 1 aliphatic carbocycles. The zero-order valence-corrected chi connectivity index (χ0v) is 13.9. The van der Waals surface area contributed by atoms with Gasteiger partial charge in [-0.05, 0) is 25.0 Å². The van der Waals surface area contributed by atoms with Crippen molar-refractivity contribution in [1.82, 2.24) is 14.5 Å². The summed E-state index contributed by atoms with van der Waals surface area (Å²) in [7, 11) is 0. The first kappa shape index (κ1) is 16.1. The Morgan fingerprint density at radius 3 is 2.88 bits per heavy atom. The summed E-state index contributed by atoms with van der Waals surface area (Å²) in [4.78, 5) is 41.3. The number of rotatable bonds is 2. The van der Waals surface area contributed by atoms with Crippen molar-refractivity contribution >= 4 is 16.8 Å². The average Bonchev–Trinajstić information content (AvgIpc) is 2.64. The van der Waals surface area contributed by atoms with Gasteiger partial charge >= 0.3 is 5.69 Å². The minimum Gasteiger partial charge on any atom is -0.374 e. The van der Waals surface area contributed by atoms with Crippen molar-refractivity contribution in [2.75, 3.05) is 13.2 Å². The maximum Gasteiger partial charge on any atom is 0.329 e. The normalized spacial score (nSPS) is 23.4. The molecule has 2 aliphatic rings. The minimum atomic E-state index is -0.550. The Bertz CT molecular complexity index is 914. The number of hydrogen-bond donors (Lipinski definition) is 1.